The van der Waals surface area contributed by atoms with Crippen LogP contribution in [0.5, 0.6) is 5.75 Å². The van der Waals surface area contributed by atoms with Crippen LogP contribution in [-0.2, 0) is 12.4 Å². The lowest BCUT2D eigenvalue weighted by molar-refractivity contribution is -0.143. The first-order chi connectivity index (χ1) is 10.5. The van der Waals surface area contributed by atoms with Gasteiger partial charge in [-0.25, -0.2) is 0 Å². The van der Waals surface area contributed by atoms with Crippen molar-refractivity contribution in [2.75, 3.05) is 7.04 Å². The van der Waals surface area contributed by atoms with E-state index in [9.17, 15) is 31.1 Å². The lowest BCUT2D eigenvalue weighted by atomic mass is 10.0. The van der Waals surface area contributed by atoms with E-state index in [2.05, 4.69) is 4.74 Å². The Morgan fingerprint density at radius 2 is 1.84 bits per heavy atom. The lowest BCUT2D eigenvalue weighted by Gasteiger charge is -2.17. The van der Waals surface area contributed by atoms with E-state index in [1.54, 1.807) is 0 Å². The van der Waals surface area contributed by atoms with Crippen LogP contribution in [0.2, 0.25) is 0 Å². The second kappa shape index (κ2) is 4.92. The summed E-state index contributed by atoms with van der Waals surface area (Å²) in [5.41, 5.74) is -6.69. The number of alkyl halides is 6. The van der Waals surface area contributed by atoms with Gasteiger partial charge in [0.2, 0.25) is 0 Å². The minimum absolute atomic E-state index is 1.83. The molecule has 106 valence electrons. The van der Waals surface area contributed by atoms with Crippen molar-refractivity contribution in [1.82, 2.24) is 0 Å². The summed E-state index contributed by atoms with van der Waals surface area (Å²) in [5, 5.41) is -2.03. The Morgan fingerprint density at radius 3 is 2.21 bits per heavy atom. The summed E-state index contributed by atoms with van der Waals surface area (Å²) in [5.74, 6) is -1.83. The summed E-state index contributed by atoms with van der Waals surface area (Å²) in [6.45, 7) is 0. The van der Waals surface area contributed by atoms with Gasteiger partial charge < -0.3 is 4.74 Å². The molecule has 0 radical (unpaired) electrons. The minimum atomic E-state index is -5.67. The fraction of sp³-hybridized carbons (Fsp3) is 0.300. The van der Waals surface area contributed by atoms with Gasteiger partial charge in [-0.3, -0.25) is 4.79 Å². The molecule has 0 aliphatic rings. The van der Waals surface area contributed by atoms with E-state index in [1.165, 1.54) is 0 Å². The first kappa shape index (κ1) is 9.46. The highest BCUT2D eigenvalue weighted by Crippen LogP contribution is 2.41. The molecular weight excluding hydrogens is 302 g/mol. The highest BCUT2D eigenvalue weighted by atomic mass is 35.5. The average Bonchev–Trinajstić information content (AvgIpc) is 2.26. The first-order valence-corrected chi connectivity index (χ1v) is 4.56. The molecule has 0 N–H and O–H groups in total. The van der Waals surface area contributed by atoms with Crippen LogP contribution < -0.4 is 4.74 Å². The van der Waals surface area contributed by atoms with E-state index >= 15 is 0 Å². The summed E-state index contributed by atoms with van der Waals surface area (Å²) in [6.07, 6.45) is -11.3. The maximum Gasteiger partial charge on any atom is 0.417 e. The quantitative estimate of drug-likeness (QED) is 0.607. The van der Waals surface area contributed by atoms with Gasteiger partial charge in [0.1, 0.15) is 5.75 Å². The van der Waals surface area contributed by atoms with Gasteiger partial charge in [-0.05, 0) is 23.7 Å². The molecule has 1 rings (SSSR count). The van der Waals surface area contributed by atoms with E-state index < -0.39 is 59.2 Å². The Hall–Kier alpha value is -1.44. The van der Waals surface area contributed by atoms with Gasteiger partial charge >= 0.3 is 12.4 Å². The molecule has 0 aromatic heterocycles. The predicted molar refractivity (Wildman–Crippen MR) is 53.2 cm³/mol. The average molecular weight is 312 g/mol. The summed E-state index contributed by atoms with van der Waals surface area (Å²) >= 11 is 4.91. The van der Waals surface area contributed by atoms with Gasteiger partial charge in [0, 0.05) is 0 Å². The molecule has 0 fully saturated rings. The van der Waals surface area contributed by atoms with Crippen molar-refractivity contribution in [1.29, 1.82) is 0 Å². The van der Waals surface area contributed by atoms with Gasteiger partial charge in [0.25, 0.3) is 5.24 Å². The number of hydrogen-bond acceptors (Lipinski definition) is 2. The van der Waals surface area contributed by atoms with Crippen molar-refractivity contribution in [3.8, 4) is 5.75 Å². The van der Waals surface area contributed by atoms with Crippen LogP contribution in [0.15, 0.2) is 12.1 Å². The normalized spacial score (nSPS) is 16.9. The zero-order valence-electron chi connectivity index (χ0n) is 13.5. The van der Waals surface area contributed by atoms with Crippen molar-refractivity contribution in [3.05, 3.63) is 28.8 Å². The topological polar surface area (TPSA) is 26.3 Å². The molecule has 0 heterocycles. The third-order valence-corrected chi connectivity index (χ3v) is 2.02. The highest BCUT2D eigenvalue weighted by molar-refractivity contribution is 6.68. The molecule has 0 bridgehead atoms. The van der Waals surface area contributed by atoms with E-state index in [4.69, 9.17) is 18.5 Å². The lowest BCUT2D eigenvalue weighted by Crippen LogP contribution is -2.16. The number of carbonyl (C=O) groups is 1. The number of benzene rings is 1. The molecular formula is C10H5ClF6O2. The summed E-state index contributed by atoms with van der Waals surface area (Å²) in [4.78, 5) is 11.2. The Kier molecular flexibility index (Phi) is 2.45. The molecule has 19 heavy (non-hydrogen) atoms. The second-order valence-electron chi connectivity index (χ2n) is 3.08. The number of carbonyl (C=O) groups excluding carboxylic acids is 1. The second-order valence-corrected chi connectivity index (χ2v) is 3.42. The molecule has 0 unspecified atom stereocenters. The maximum absolute atomic E-state index is 13.0. The summed E-state index contributed by atoms with van der Waals surface area (Å²) in [7, 11) is -3.58. The Labute approximate surface area is 114 Å². The fourth-order valence-corrected chi connectivity index (χ4v) is 1.31. The van der Waals surface area contributed by atoms with Crippen molar-refractivity contribution in [2.24, 2.45) is 0 Å². The molecule has 0 aliphatic heterocycles. The molecule has 0 amide bonds. The number of halogens is 7. The third-order valence-electron chi connectivity index (χ3n) is 1.83. The zero-order valence-corrected chi connectivity index (χ0v) is 9.22. The van der Waals surface area contributed by atoms with E-state index in [0.29, 0.717) is 0 Å². The fourth-order valence-electron chi connectivity index (χ4n) is 1.13. The van der Waals surface area contributed by atoms with Crippen LogP contribution in [-0.4, -0.2) is 12.3 Å². The van der Waals surface area contributed by atoms with E-state index in [1.807, 2.05) is 0 Å². The van der Waals surface area contributed by atoms with Gasteiger partial charge in [-0.1, -0.05) is 0 Å². The van der Waals surface area contributed by atoms with Gasteiger partial charge in [-0.2, -0.15) is 26.3 Å². The monoisotopic (exact) mass is 311 g/mol. The van der Waals surface area contributed by atoms with Crippen molar-refractivity contribution < 1.29 is 42.7 Å². The van der Waals surface area contributed by atoms with Crippen LogP contribution in [0.4, 0.5) is 26.3 Å². The Balaban J connectivity index is 4.10. The molecule has 0 spiro atoms. The number of methoxy groups -OCH3 is 1. The SMILES string of the molecule is [2H]c1c(OC([2H])([2H])[2H])c(C(=O)Cl)c(C(F)(F)F)c([2H])c1C(F)(F)F. The number of rotatable bonds is 2. The van der Waals surface area contributed by atoms with Crippen molar-refractivity contribution in [2.45, 2.75) is 12.4 Å². The smallest absolute Gasteiger partial charge is 0.417 e. The molecule has 2 nitrogen and oxygen atoms in total. The first-order valence-electron chi connectivity index (χ1n) is 6.69. The van der Waals surface area contributed by atoms with Crippen LogP contribution >= 0.6 is 11.6 Å². The Morgan fingerprint density at radius 1 is 1.26 bits per heavy atom. The van der Waals surface area contributed by atoms with Crippen LogP contribution in [0, 0.1) is 0 Å². The molecule has 1 aromatic rings. The van der Waals surface area contributed by atoms with Crippen LogP contribution in [0.25, 0.3) is 0 Å². The van der Waals surface area contributed by atoms with Gasteiger partial charge in [0.05, 0.1) is 30.6 Å². The highest BCUT2D eigenvalue weighted by Gasteiger charge is 2.41. The summed E-state index contributed by atoms with van der Waals surface area (Å²) in [6, 6.07) is -4.15. The Bertz CT molecular complexity index is 683. The van der Waals surface area contributed by atoms with E-state index in [-0.39, 0.29) is 0 Å². The van der Waals surface area contributed by atoms with Crippen LogP contribution in [0.3, 0.4) is 0 Å². The maximum atomic E-state index is 13.0. The molecule has 0 saturated carbocycles. The largest absolute Gasteiger partial charge is 0.496 e. The summed E-state index contributed by atoms with van der Waals surface area (Å²) < 4.78 is 116. The third kappa shape index (κ3) is 3.31. The standard InChI is InChI=1S/C10H5ClF6O2/c1-19-6-3-4(9(12,13)14)2-5(10(15,16)17)7(6)8(11)18/h2-3H,1H3/i1D3,2D,3D. The van der Waals surface area contributed by atoms with Crippen LogP contribution in [0.1, 0.15) is 28.3 Å². The number of hydrogen-bond donors (Lipinski definition) is 0. The predicted octanol–water partition coefficient (Wildman–Crippen LogP) is 4.11. The molecule has 9 heteroatoms. The molecule has 0 aliphatic carbocycles. The molecule has 0 saturated heterocycles. The molecule has 1 aromatic carbocycles. The zero-order chi connectivity index (χ0) is 19.2. The van der Waals surface area contributed by atoms with Crippen molar-refractivity contribution >= 4 is 16.8 Å². The van der Waals surface area contributed by atoms with Gasteiger partial charge in [0.15, 0.2) is 0 Å². The van der Waals surface area contributed by atoms with Crippen molar-refractivity contribution in [3.63, 3.8) is 0 Å². The molecule has 0 atom stereocenters. The van der Waals surface area contributed by atoms with E-state index in [0.717, 1.165) is 0 Å². The van der Waals surface area contributed by atoms with Gasteiger partial charge in [-0.15, -0.1) is 0 Å². The minimum Gasteiger partial charge on any atom is -0.496 e. The number of ether oxygens (including phenoxy) is 1.